The van der Waals surface area contributed by atoms with Gasteiger partial charge >= 0.3 is 0 Å². The summed E-state index contributed by atoms with van der Waals surface area (Å²) in [6.07, 6.45) is 6.37. The molecule has 3 nitrogen and oxygen atoms in total. The summed E-state index contributed by atoms with van der Waals surface area (Å²) in [6.45, 7) is 5.08. The van der Waals surface area contributed by atoms with Crippen molar-refractivity contribution >= 4 is 17.0 Å². The van der Waals surface area contributed by atoms with Crippen molar-refractivity contribution in [2.24, 2.45) is 0 Å². The van der Waals surface area contributed by atoms with Crippen molar-refractivity contribution in [2.75, 3.05) is 14.1 Å². The average molecular weight is 256 g/mol. The van der Waals surface area contributed by atoms with Crippen molar-refractivity contribution in [3.63, 3.8) is 0 Å². The van der Waals surface area contributed by atoms with Gasteiger partial charge in [-0.1, -0.05) is 0 Å². The fraction of sp³-hybridized carbons (Fsp3) is 0.375. The van der Waals surface area contributed by atoms with Crippen molar-refractivity contribution in [3.8, 4) is 5.75 Å². The molecule has 3 heteroatoms. The first-order valence-electron chi connectivity index (χ1n) is 6.62. The number of rotatable bonds is 2. The van der Waals surface area contributed by atoms with E-state index in [0.717, 1.165) is 17.9 Å². The molecule has 0 spiro atoms. The van der Waals surface area contributed by atoms with Gasteiger partial charge < -0.3 is 14.6 Å². The smallest absolute Gasteiger partial charge is 0.129 e. The number of aromatic nitrogens is 1. The van der Waals surface area contributed by atoms with Gasteiger partial charge in [0.15, 0.2) is 0 Å². The van der Waals surface area contributed by atoms with Crippen molar-refractivity contribution in [1.29, 1.82) is 0 Å². The molecular weight excluding hydrogens is 236 g/mol. The summed E-state index contributed by atoms with van der Waals surface area (Å²) in [4.78, 5) is 5.57. The standard InChI is InChI=1S/C16H20N2O/c1-16(2)8-7-13-14(19-16)6-5-12-11(10-18(3)4)9-17-15(12)13/h5-9,17H,10H2,1-4H3. The van der Waals surface area contributed by atoms with Gasteiger partial charge in [-0.15, -0.1) is 0 Å². The number of fused-ring (bicyclic) bond motifs is 3. The van der Waals surface area contributed by atoms with Crippen LogP contribution in [0.5, 0.6) is 5.75 Å². The second-order valence-corrected chi connectivity index (χ2v) is 5.99. The molecule has 1 aromatic carbocycles. The van der Waals surface area contributed by atoms with Gasteiger partial charge in [-0.25, -0.2) is 0 Å². The molecule has 1 aromatic heterocycles. The highest BCUT2D eigenvalue weighted by Crippen LogP contribution is 2.36. The summed E-state index contributed by atoms with van der Waals surface area (Å²) in [6, 6.07) is 4.23. The lowest BCUT2D eigenvalue weighted by molar-refractivity contribution is 0.159. The zero-order valence-electron chi connectivity index (χ0n) is 11.9. The summed E-state index contributed by atoms with van der Waals surface area (Å²) >= 11 is 0. The summed E-state index contributed by atoms with van der Waals surface area (Å²) < 4.78 is 6.00. The Morgan fingerprint density at radius 3 is 2.79 bits per heavy atom. The fourth-order valence-electron chi connectivity index (χ4n) is 2.59. The number of hydrogen-bond donors (Lipinski definition) is 1. The molecule has 3 rings (SSSR count). The minimum absolute atomic E-state index is 0.222. The molecule has 0 amide bonds. The maximum absolute atomic E-state index is 6.00. The average Bonchev–Trinajstić information content (AvgIpc) is 2.70. The highest BCUT2D eigenvalue weighted by atomic mass is 16.5. The Morgan fingerprint density at radius 1 is 1.26 bits per heavy atom. The first-order chi connectivity index (χ1) is 8.96. The van der Waals surface area contributed by atoms with Crippen LogP contribution in [0, 0.1) is 0 Å². The second-order valence-electron chi connectivity index (χ2n) is 5.99. The van der Waals surface area contributed by atoms with Crippen LogP contribution < -0.4 is 4.74 Å². The highest BCUT2D eigenvalue weighted by molar-refractivity contribution is 5.93. The normalized spacial score (nSPS) is 16.7. The monoisotopic (exact) mass is 256 g/mol. The Balaban J connectivity index is 2.12. The Hall–Kier alpha value is -1.74. The van der Waals surface area contributed by atoms with E-state index in [0.29, 0.717) is 0 Å². The maximum atomic E-state index is 6.00. The molecule has 0 aliphatic carbocycles. The molecule has 2 aromatic rings. The van der Waals surface area contributed by atoms with E-state index in [4.69, 9.17) is 4.74 Å². The largest absolute Gasteiger partial charge is 0.483 e. The third-order valence-corrected chi connectivity index (χ3v) is 3.45. The molecule has 2 heterocycles. The van der Waals surface area contributed by atoms with Gasteiger partial charge in [0.2, 0.25) is 0 Å². The van der Waals surface area contributed by atoms with Crippen LogP contribution in [-0.2, 0) is 6.54 Å². The Bertz CT molecular complexity index is 650. The predicted octanol–water partition coefficient (Wildman–Crippen LogP) is 3.41. The molecule has 0 atom stereocenters. The zero-order valence-corrected chi connectivity index (χ0v) is 11.9. The molecule has 0 bridgehead atoms. The van der Waals surface area contributed by atoms with Gasteiger partial charge in [0.05, 0.1) is 5.52 Å². The quantitative estimate of drug-likeness (QED) is 0.891. The highest BCUT2D eigenvalue weighted by Gasteiger charge is 2.23. The zero-order chi connectivity index (χ0) is 13.6. The predicted molar refractivity (Wildman–Crippen MR) is 79.4 cm³/mol. The summed E-state index contributed by atoms with van der Waals surface area (Å²) in [7, 11) is 4.17. The van der Waals surface area contributed by atoms with Crippen LogP contribution in [-0.4, -0.2) is 29.6 Å². The van der Waals surface area contributed by atoms with Crippen LogP contribution in [0.15, 0.2) is 24.4 Å². The van der Waals surface area contributed by atoms with E-state index in [1.54, 1.807) is 0 Å². The van der Waals surface area contributed by atoms with Gasteiger partial charge in [0, 0.05) is 23.7 Å². The molecule has 0 unspecified atom stereocenters. The van der Waals surface area contributed by atoms with E-state index < -0.39 is 0 Å². The second kappa shape index (κ2) is 4.14. The third-order valence-electron chi connectivity index (χ3n) is 3.45. The molecule has 19 heavy (non-hydrogen) atoms. The SMILES string of the molecule is CN(C)Cc1c[nH]c2c3c(ccc12)OC(C)(C)C=C3. The van der Waals surface area contributed by atoms with E-state index in [1.165, 1.54) is 16.5 Å². The van der Waals surface area contributed by atoms with Gasteiger partial charge in [-0.3, -0.25) is 0 Å². The third kappa shape index (κ3) is 2.15. The van der Waals surface area contributed by atoms with Gasteiger partial charge in [-0.2, -0.15) is 0 Å². The first-order valence-corrected chi connectivity index (χ1v) is 6.62. The van der Waals surface area contributed by atoms with Crippen LogP contribution in [0.4, 0.5) is 0 Å². The number of nitrogens with zero attached hydrogens (tertiary/aromatic N) is 1. The molecule has 0 saturated carbocycles. The lowest BCUT2D eigenvalue weighted by Gasteiger charge is -2.28. The van der Waals surface area contributed by atoms with Crippen LogP contribution in [0.1, 0.15) is 25.0 Å². The van der Waals surface area contributed by atoms with Crippen LogP contribution in [0.3, 0.4) is 0 Å². The topological polar surface area (TPSA) is 28.3 Å². The Labute approximate surface area is 113 Å². The summed E-state index contributed by atoms with van der Waals surface area (Å²) in [5.41, 5.74) is 3.42. The van der Waals surface area contributed by atoms with Crippen molar-refractivity contribution in [1.82, 2.24) is 9.88 Å². The fourth-order valence-corrected chi connectivity index (χ4v) is 2.59. The van der Waals surface area contributed by atoms with Gasteiger partial charge in [-0.05, 0) is 57.8 Å². The maximum Gasteiger partial charge on any atom is 0.129 e. The van der Waals surface area contributed by atoms with Crippen molar-refractivity contribution in [3.05, 3.63) is 35.5 Å². The van der Waals surface area contributed by atoms with Gasteiger partial charge in [0.25, 0.3) is 0 Å². The molecule has 0 radical (unpaired) electrons. The van der Waals surface area contributed by atoms with E-state index in [9.17, 15) is 0 Å². The minimum atomic E-state index is -0.222. The number of H-pyrrole nitrogens is 1. The first kappa shape index (κ1) is 12.3. The van der Waals surface area contributed by atoms with Crippen LogP contribution >= 0.6 is 0 Å². The van der Waals surface area contributed by atoms with Crippen LogP contribution in [0.2, 0.25) is 0 Å². The number of ether oxygens (including phenoxy) is 1. The molecule has 1 aliphatic rings. The van der Waals surface area contributed by atoms with Crippen LogP contribution in [0.25, 0.3) is 17.0 Å². The van der Waals surface area contributed by atoms with E-state index in [2.05, 4.69) is 68.3 Å². The van der Waals surface area contributed by atoms with Crippen molar-refractivity contribution < 1.29 is 4.74 Å². The lowest BCUT2D eigenvalue weighted by Crippen LogP contribution is -2.27. The Kier molecular flexibility index (Phi) is 2.68. The minimum Gasteiger partial charge on any atom is -0.483 e. The van der Waals surface area contributed by atoms with E-state index >= 15 is 0 Å². The van der Waals surface area contributed by atoms with E-state index in [1.807, 2.05) is 0 Å². The number of hydrogen-bond acceptors (Lipinski definition) is 2. The molecule has 1 aliphatic heterocycles. The van der Waals surface area contributed by atoms with Crippen molar-refractivity contribution in [2.45, 2.75) is 26.0 Å². The lowest BCUT2D eigenvalue weighted by atomic mass is 10.00. The van der Waals surface area contributed by atoms with Gasteiger partial charge in [0.1, 0.15) is 11.4 Å². The summed E-state index contributed by atoms with van der Waals surface area (Å²) in [5, 5.41) is 1.28. The number of benzene rings is 1. The Morgan fingerprint density at radius 2 is 2.05 bits per heavy atom. The van der Waals surface area contributed by atoms with E-state index in [-0.39, 0.29) is 5.60 Å². The number of nitrogens with one attached hydrogen (secondary N) is 1. The molecule has 0 saturated heterocycles. The summed E-state index contributed by atoms with van der Waals surface area (Å²) in [5.74, 6) is 0.957. The molecule has 1 N–H and O–H groups in total. The molecular formula is C16H20N2O. The molecule has 0 fully saturated rings. The number of aromatic amines is 1. The molecule has 100 valence electrons.